The van der Waals surface area contributed by atoms with Gasteiger partial charge in [0.2, 0.25) is 0 Å². The highest BCUT2D eigenvalue weighted by molar-refractivity contribution is 5.83. The van der Waals surface area contributed by atoms with Crippen molar-refractivity contribution in [3.63, 3.8) is 0 Å². The second-order valence-corrected chi connectivity index (χ2v) is 5.97. The number of urea groups is 1. The van der Waals surface area contributed by atoms with Gasteiger partial charge in [0.15, 0.2) is 6.04 Å². The number of carbonyl (C=O) groups excluding carboxylic acids is 1. The van der Waals surface area contributed by atoms with E-state index in [1.807, 2.05) is 0 Å². The van der Waals surface area contributed by atoms with E-state index in [4.69, 9.17) is 5.11 Å². The number of aliphatic hydroxyl groups excluding tert-OH is 1. The van der Waals surface area contributed by atoms with Crippen molar-refractivity contribution in [2.75, 3.05) is 0 Å². The molecule has 4 N–H and O–H groups in total. The maximum absolute atomic E-state index is 11.9. The van der Waals surface area contributed by atoms with Crippen molar-refractivity contribution in [1.29, 1.82) is 0 Å². The lowest BCUT2D eigenvalue weighted by Crippen LogP contribution is -2.54. The Morgan fingerprint density at radius 2 is 1.75 bits per heavy atom. The quantitative estimate of drug-likeness (QED) is 0.613. The average Bonchev–Trinajstić information content (AvgIpc) is 2.35. The number of carboxylic acid groups (broad SMARTS) is 1. The second kappa shape index (κ2) is 7.47. The fourth-order valence-corrected chi connectivity index (χ4v) is 2.88. The van der Waals surface area contributed by atoms with Gasteiger partial charge in [0.1, 0.15) is 0 Å². The summed E-state index contributed by atoms with van der Waals surface area (Å²) in [6.45, 7) is 5.62. The third kappa shape index (κ3) is 4.67. The summed E-state index contributed by atoms with van der Waals surface area (Å²) in [6, 6.07) is -1.72. The Hall–Kier alpha value is -1.30. The van der Waals surface area contributed by atoms with Crippen molar-refractivity contribution < 1.29 is 19.8 Å². The van der Waals surface area contributed by atoms with Gasteiger partial charge in [-0.05, 0) is 31.6 Å². The Kier molecular flexibility index (Phi) is 6.26. The molecular formula is C14H26N2O4. The summed E-state index contributed by atoms with van der Waals surface area (Å²) in [5.41, 5.74) is 0. The zero-order valence-electron chi connectivity index (χ0n) is 12.4. The Labute approximate surface area is 119 Å². The number of hydrogen-bond acceptors (Lipinski definition) is 3. The first kappa shape index (κ1) is 16.8. The van der Waals surface area contributed by atoms with Gasteiger partial charge in [0.25, 0.3) is 0 Å². The normalized spacial score (nSPS) is 25.9. The number of hydrogen-bond donors (Lipinski definition) is 4. The standard InChI is InChI=1S/C14H26N2O4/c1-8(2)10-6-4-5-7-11(10)15-14(20)16-12(9(3)17)13(18)19/h8-12,17H,4-7H2,1-3H3,(H,18,19)(H2,15,16,20)/t9-,10?,11?,12+/m1/s1. The lowest BCUT2D eigenvalue weighted by atomic mass is 9.78. The van der Waals surface area contributed by atoms with Gasteiger partial charge in [0, 0.05) is 6.04 Å². The van der Waals surface area contributed by atoms with Gasteiger partial charge in [0.05, 0.1) is 6.10 Å². The summed E-state index contributed by atoms with van der Waals surface area (Å²) >= 11 is 0. The average molecular weight is 286 g/mol. The van der Waals surface area contributed by atoms with Crippen molar-refractivity contribution in [3.05, 3.63) is 0 Å². The van der Waals surface area contributed by atoms with Crippen molar-refractivity contribution >= 4 is 12.0 Å². The van der Waals surface area contributed by atoms with Crippen LogP contribution in [0.4, 0.5) is 4.79 Å². The van der Waals surface area contributed by atoms with Crippen molar-refractivity contribution in [1.82, 2.24) is 10.6 Å². The van der Waals surface area contributed by atoms with E-state index < -0.39 is 24.1 Å². The lowest BCUT2D eigenvalue weighted by molar-refractivity contribution is -0.141. The van der Waals surface area contributed by atoms with Gasteiger partial charge in [-0.1, -0.05) is 26.7 Å². The van der Waals surface area contributed by atoms with E-state index in [9.17, 15) is 14.7 Å². The van der Waals surface area contributed by atoms with E-state index in [0.29, 0.717) is 11.8 Å². The predicted octanol–water partition coefficient (Wildman–Crippen LogP) is 1.33. The van der Waals surface area contributed by atoms with Gasteiger partial charge in [-0.3, -0.25) is 0 Å². The highest BCUT2D eigenvalue weighted by Crippen LogP contribution is 2.30. The molecule has 6 heteroatoms. The smallest absolute Gasteiger partial charge is 0.328 e. The molecule has 0 radical (unpaired) electrons. The Morgan fingerprint density at radius 3 is 2.25 bits per heavy atom. The highest BCUT2D eigenvalue weighted by atomic mass is 16.4. The number of rotatable bonds is 5. The van der Waals surface area contributed by atoms with Gasteiger partial charge >= 0.3 is 12.0 Å². The van der Waals surface area contributed by atoms with Crippen LogP contribution in [0.15, 0.2) is 0 Å². The van der Waals surface area contributed by atoms with Crippen molar-refractivity contribution in [2.45, 2.75) is 64.6 Å². The first-order valence-electron chi connectivity index (χ1n) is 7.30. The minimum Gasteiger partial charge on any atom is -0.480 e. The molecule has 0 saturated heterocycles. The van der Waals surface area contributed by atoms with Crippen molar-refractivity contribution in [2.24, 2.45) is 11.8 Å². The number of nitrogens with one attached hydrogen (secondary N) is 2. The molecule has 2 amide bonds. The number of amides is 2. The summed E-state index contributed by atoms with van der Waals surface area (Å²) in [6.07, 6.45) is 3.12. The molecule has 6 nitrogen and oxygen atoms in total. The van der Waals surface area contributed by atoms with Crippen LogP contribution in [0.1, 0.15) is 46.5 Å². The molecule has 0 aromatic rings. The molecule has 0 spiro atoms. The maximum atomic E-state index is 11.9. The van der Waals surface area contributed by atoms with E-state index in [2.05, 4.69) is 24.5 Å². The topological polar surface area (TPSA) is 98.7 Å². The molecular weight excluding hydrogens is 260 g/mol. The summed E-state index contributed by atoms with van der Waals surface area (Å²) < 4.78 is 0. The third-order valence-electron chi connectivity index (χ3n) is 4.03. The summed E-state index contributed by atoms with van der Waals surface area (Å²) in [5, 5.41) is 23.5. The van der Waals surface area contributed by atoms with Crippen LogP contribution in [0, 0.1) is 11.8 Å². The Bertz CT molecular complexity index is 344. The first-order chi connectivity index (χ1) is 9.32. The SMILES string of the molecule is CC(C)C1CCCCC1NC(=O)N[C@H](C(=O)O)[C@@H](C)O. The van der Waals surface area contributed by atoms with Crippen LogP contribution >= 0.6 is 0 Å². The summed E-state index contributed by atoms with van der Waals surface area (Å²) in [4.78, 5) is 22.8. The number of aliphatic hydroxyl groups is 1. The fraction of sp³-hybridized carbons (Fsp3) is 0.857. The highest BCUT2D eigenvalue weighted by Gasteiger charge is 2.30. The number of carboxylic acids is 1. The molecule has 2 unspecified atom stereocenters. The molecule has 0 bridgehead atoms. The maximum Gasteiger partial charge on any atom is 0.328 e. The molecule has 0 aliphatic heterocycles. The molecule has 0 aromatic carbocycles. The molecule has 1 saturated carbocycles. The molecule has 0 heterocycles. The Morgan fingerprint density at radius 1 is 1.15 bits per heavy atom. The first-order valence-corrected chi connectivity index (χ1v) is 7.30. The van der Waals surface area contributed by atoms with Crippen LogP contribution in [-0.4, -0.2) is 40.4 Å². The molecule has 4 atom stereocenters. The monoisotopic (exact) mass is 286 g/mol. The van der Waals surface area contributed by atoms with Crippen LogP contribution in [0.2, 0.25) is 0 Å². The Balaban J connectivity index is 2.57. The zero-order valence-corrected chi connectivity index (χ0v) is 12.4. The van der Waals surface area contributed by atoms with Crippen LogP contribution in [0.5, 0.6) is 0 Å². The van der Waals surface area contributed by atoms with E-state index in [1.165, 1.54) is 13.3 Å². The van der Waals surface area contributed by atoms with Gasteiger partial charge in [-0.2, -0.15) is 0 Å². The minimum atomic E-state index is -1.28. The molecule has 1 aliphatic rings. The van der Waals surface area contributed by atoms with Gasteiger partial charge in [-0.15, -0.1) is 0 Å². The number of carbonyl (C=O) groups is 2. The van der Waals surface area contributed by atoms with Crippen LogP contribution in [0.25, 0.3) is 0 Å². The summed E-state index contributed by atoms with van der Waals surface area (Å²) in [5.74, 6) is -0.337. The van der Waals surface area contributed by atoms with E-state index in [1.54, 1.807) is 0 Å². The van der Waals surface area contributed by atoms with Gasteiger partial charge in [-0.25, -0.2) is 9.59 Å². The molecule has 1 fully saturated rings. The van der Waals surface area contributed by atoms with Gasteiger partial charge < -0.3 is 20.8 Å². The molecule has 0 aromatic heterocycles. The molecule has 1 rings (SSSR count). The largest absolute Gasteiger partial charge is 0.480 e. The van der Waals surface area contributed by atoms with Crippen molar-refractivity contribution in [3.8, 4) is 0 Å². The van der Waals surface area contributed by atoms with E-state index in [-0.39, 0.29) is 6.04 Å². The van der Waals surface area contributed by atoms with E-state index >= 15 is 0 Å². The van der Waals surface area contributed by atoms with Crippen LogP contribution in [-0.2, 0) is 4.79 Å². The predicted molar refractivity (Wildman–Crippen MR) is 75.4 cm³/mol. The second-order valence-electron chi connectivity index (χ2n) is 5.97. The fourth-order valence-electron chi connectivity index (χ4n) is 2.88. The zero-order chi connectivity index (χ0) is 15.3. The number of aliphatic carboxylic acids is 1. The van der Waals surface area contributed by atoms with Crippen LogP contribution < -0.4 is 10.6 Å². The van der Waals surface area contributed by atoms with E-state index in [0.717, 1.165) is 19.3 Å². The lowest BCUT2D eigenvalue weighted by Gasteiger charge is -2.35. The molecule has 1 aliphatic carbocycles. The molecule has 20 heavy (non-hydrogen) atoms. The summed E-state index contributed by atoms with van der Waals surface area (Å²) in [7, 11) is 0. The van der Waals surface area contributed by atoms with Crippen LogP contribution in [0.3, 0.4) is 0 Å². The third-order valence-corrected chi connectivity index (χ3v) is 4.03. The molecule has 116 valence electrons. The minimum absolute atomic E-state index is 0.0761.